The van der Waals surface area contributed by atoms with Crippen molar-refractivity contribution in [2.45, 2.75) is 11.2 Å². The maximum absolute atomic E-state index is 13.5. The van der Waals surface area contributed by atoms with Gasteiger partial charge in [-0.1, -0.05) is 27.5 Å². The monoisotopic (exact) mass is 323 g/mol. The number of nitrogens with zero attached hydrogens (tertiary/aromatic N) is 1. The number of carbonyl (C=O) groups is 1. The standard InChI is InChI=1S/C11H9BrClF2NO/c12-6-1-2-16(5-6)11(17)7-3-10(15)8(13)4-9(7)14/h3-4,6H,1-2,5H2. The highest BCUT2D eigenvalue weighted by molar-refractivity contribution is 9.09. The average molecular weight is 325 g/mol. The molecule has 0 radical (unpaired) electrons. The van der Waals surface area contributed by atoms with Crippen LogP contribution >= 0.6 is 27.5 Å². The minimum absolute atomic E-state index is 0.214. The van der Waals surface area contributed by atoms with Gasteiger partial charge in [0, 0.05) is 17.9 Å². The van der Waals surface area contributed by atoms with Crippen LogP contribution in [0.2, 0.25) is 5.02 Å². The molecular weight excluding hydrogens is 315 g/mol. The lowest BCUT2D eigenvalue weighted by Crippen LogP contribution is -2.29. The van der Waals surface area contributed by atoms with Crippen LogP contribution in [0.15, 0.2) is 12.1 Å². The molecule has 1 saturated heterocycles. The first-order valence-corrected chi connectivity index (χ1v) is 6.36. The molecule has 0 bridgehead atoms. The summed E-state index contributed by atoms with van der Waals surface area (Å²) in [5, 5.41) is -0.321. The minimum atomic E-state index is -0.792. The molecule has 2 rings (SSSR count). The summed E-state index contributed by atoms with van der Waals surface area (Å²) in [6.07, 6.45) is 0.809. The van der Waals surface area contributed by atoms with E-state index in [0.717, 1.165) is 18.6 Å². The van der Waals surface area contributed by atoms with Crippen molar-refractivity contribution < 1.29 is 13.6 Å². The number of likely N-dealkylation sites (tertiary alicyclic amines) is 1. The molecule has 0 spiro atoms. The largest absolute Gasteiger partial charge is 0.337 e. The van der Waals surface area contributed by atoms with Crippen molar-refractivity contribution in [1.29, 1.82) is 0 Å². The van der Waals surface area contributed by atoms with E-state index in [9.17, 15) is 13.6 Å². The molecule has 1 heterocycles. The number of halogens is 4. The normalized spacial score (nSPS) is 19.8. The van der Waals surface area contributed by atoms with E-state index in [0.29, 0.717) is 13.1 Å². The number of hydrogen-bond donors (Lipinski definition) is 0. The lowest BCUT2D eigenvalue weighted by molar-refractivity contribution is 0.0788. The Morgan fingerprint density at radius 2 is 2.12 bits per heavy atom. The van der Waals surface area contributed by atoms with Crippen molar-refractivity contribution in [1.82, 2.24) is 4.90 Å². The lowest BCUT2D eigenvalue weighted by atomic mass is 10.2. The van der Waals surface area contributed by atoms with E-state index in [1.807, 2.05) is 0 Å². The molecule has 1 aliphatic rings. The SMILES string of the molecule is O=C(c1cc(F)c(Cl)cc1F)N1CCC(Br)C1. The molecule has 0 aromatic heterocycles. The smallest absolute Gasteiger partial charge is 0.256 e. The summed E-state index contributed by atoms with van der Waals surface area (Å²) in [4.78, 5) is 13.6. The highest BCUT2D eigenvalue weighted by atomic mass is 79.9. The fourth-order valence-electron chi connectivity index (χ4n) is 1.76. The Morgan fingerprint density at radius 3 is 2.71 bits per heavy atom. The van der Waals surface area contributed by atoms with Gasteiger partial charge in [0.25, 0.3) is 5.91 Å². The molecule has 0 aliphatic carbocycles. The summed E-state index contributed by atoms with van der Waals surface area (Å²) in [5.41, 5.74) is -0.270. The summed E-state index contributed by atoms with van der Waals surface area (Å²) >= 11 is 8.81. The van der Waals surface area contributed by atoms with Crippen LogP contribution in [0.5, 0.6) is 0 Å². The Hall–Kier alpha value is -0.680. The molecule has 0 saturated carbocycles. The van der Waals surface area contributed by atoms with Crippen LogP contribution in [0.3, 0.4) is 0 Å². The molecule has 1 aromatic rings. The Labute approximate surface area is 111 Å². The molecule has 1 fully saturated rings. The van der Waals surface area contributed by atoms with E-state index in [1.54, 1.807) is 0 Å². The highest BCUT2D eigenvalue weighted by Gasteiger charge is 2.27. The van der Waals surface area contributed by atoms with Gasteiger partial charge < -0.3 is 4.90 Å². The van der Waals surface area contributed by atoms with E-state index in [1.165, 1.54) is 4.90 Å². The summed E-state index contributed by atoms with van der Waals surface area (Å²) < 4.78 is 26.7. The zero-order valence-electron chi connectivity index (χ0n) is 8.72. The number of hydrogen-bond acceptors (Lipinski definition) is 1. The van der Waals surface area contributed by atoms with Crippen LogP contribution in [0.1, 0.15) is 16.8 Å². The van der Waals surface area contributed by atoms with Crippen LogP contribution in [0.25, 0.3) is 0 Å². The molecule has 1 aliphatic heterocycles. The Balaban J connectivity index is 2.28. The van der Waals surface area contributed by atoms with Gasteiger partial charge in [0.2, 0.25) is 0 Å². The van der Waals surface area contributed by atoms with Gasteiger partial charge in [-0.15, -0.1) is 0 Å². The van der Waals surface area contributed by atoms with Crippen molar-refractivity contribution in [2.75, 3.05) is 13.1 Å². The fourth-order valence-corrected chi connectivity index (χ4v) is 2.46. The summed E-state index contributed by atoms with van der Waals surface area (Å²) in [6, 6.07) is 1.67. The molecule has 92 valence electrons. The van der Waals surface area contributed by atoms with Gasteiger partial charge in [-0.05, 0) is 18.6 Å². The van der Waals surface area contributed by atoms with Gasteiger partial charge in [-0.25, -0.2) is 8.78 Å². The van der Waals surface area contributed by atoms with Gasteiger partial charge in [-0.2, -0.15) is 0 Å². The average Bonchev–Trinajstić information content (AvgIpc) is 2.69. The summed E-state index contributed by atoms with van der Waals surface area (Å²) in [6.45, 7) is 1.04. The van der Waals surface area contributed by atoms with Crippen LogP contribution in [0, 0.1) is 11.6 Å². The third-order valence-corrected chi connectivity index (χ3v) is 3.70. The lowest BCUT2D eigenvalue weighted by Gasteiger charge is -2.16. The topological polar surface area (TPSA) is 20.3 Å². The molecule has 2 nitrogen and oxygen atoms in total. The zero-order chi connectivity index (χ0) is 12.6. The van der Waals surface area contributed by atoms with Crippen molar-refractivity contribution in [3.05, 3.63) is 34.4 Å². The number of alkyl halides is 1. The molecule has 17 heavy (non-hydrogen) atoms. The van der Waals surface area contributed by atoms with E-state index < -0.39 is 17.5 Å². The predicted octanol–water partition coefficient (Wildman–Crippen LogP) is 3.23. The van der Waals surface area contributed by atoms with Crippen LogP contribution in [-0.4, -0.2) is 28.7 Å². The molecule has 6 heteroatoms. The third-order valence-electron chi connectivity index (χ3n) is 2.66. The predicted molar refractivity (Wildman–Crippen MR) is 64.6 cm³/mol. The molecule has 1 unspecified atom stereocenters. The Morgan fingerprint density at radius 1 is 1.41 bits per heavy atom. The third kappa shape index (κ3) is 2.60. The van der Waals surface area contributed by atoms with Crippen LogP contribution < -0.4 is 0 Å². The highest BCUT2D eigenvalue weighted by Crippen LogP contribution is 2.23. The zero-order valence-corrected chi connectivity index (χ0v) is 11.1. The van der Waals surface area contributed by atoms with Crippen molar-refractivity contribution in [3.63, 3.8) is 0 Å². The first-order valence-electron chi connectivity index (χ1n) is 5.07. The Kier molecular flexibility index (Phi) is 3.68. The van der Waals surface area contributed by atoms with E-state index in [-0.39, 0.29) is 15.4 Å². The minimum Gasteiger partial charge on any atom is -0.337 e. The van der Waals surface area contributed by atoms with Gasteiger partial charge in [0.15, 0.2) is 0 Å². The number of benzene rings is 1. The van der Waals surface area contributed by atoms with Gasteiger partial charge in [0.1, 0.15) is 11.6 Å². The quantitative estimate of drug-likeness (QED) is 0.574. The van der Waals surface area contributed by atoms with E-state index in [4.69, 9.17) is 11.6 Å². The van der Waals surface area contributed by atoms with Gasteiger partial charge in [0.05, 0.1) is 10.6 Å². The second kappa shape index (κ2) is 4.90. The van der Waals surface area contributed by atoms with Crippen molar-refractivity contribution in [2.24, 2.45) is 0 Å². The van der Waals surface area contributed by atoms with E-state index in [2.05, 4.69) is 15.9 Å². The maximum Gasteiger partial charge on any atom is 0.256 e. The van der Waals surface area contributed by atoms with Crippen molar-refractivity contribution >= 4 is 33.4 Å². The molecule has 0 N–H and O–H groups in total. The Bertz CT molecular complexity index is 469. The van der Waals surface area contributed by atoms with Crippen LogP contribution in [0.4, 0.5) is 8.78 Å². The summed E-state index contributed by atoms with van der Waals surface area (Å²) in [7, 11) is 0. The van der Waals surface area contributed by atoms with Gasteiger partial charge >= 0.3 is 0 Å². The summed E-state index contributed by atoms with van der Waals surface area (Å²) in [5.74, 6) is -2.08. The molecular formula is C11H9BrClF2NO. The first kappa shape index (κ1) is 12.8. The number of rotatable bonds is 1. The maximum atomic E-state index is 13.5. The van der Waals surface area contributed by atoms with Crippen molar-refractivity contribution in [3.8, 4) is 0 Å². The van der Waals surface area contributed by atoms with E-state index >= 15 is 0 Å². The fraction of sp³-hybridized carbons (Fsp3) is 0.364. The first-order chi connectivity index (χ1) is 7.99. The second-order valence-electron chi connectivity index (χ2n) is 3.88. The number of carbonyl (C=O) groups excluding carboxylic acids is 1. The molecule has 1 amide bonds. The molecule has 1 atom stereocenters. The van der Waals surface area contributed by atoms with Gasteiger partial charge in [-0.3, -0.25) is 4.79 Å². The van der Waals surface area contributed by atoms with Crippen LogP contribution in [-0.2, 0) is 0 Å². The second-order valence-corrected chi connectivity index (χ2v) is 5.59. The molecule has 1 aromatic carbocycles. The number of amides is 1.